The van der Waals surface area contributed by atoms with Gasteiger partial charge in [0.25, 0.3) is 0 Å². The number of nitrogens with zero attached hydrogens (tertiary/aromatic N) is 4. The molecule has 146 valence electrons. The molecule has 1 aliphatic carbocycles. The lowest BCUT2D eigenvalue weighted by Crippen LogP contribution is -2.00. The lowest BCUT2D eigenvalue weighted by molar-refractivity contribution is 1.02. The lowest BCUT2D eigenvalue weighted by atomic mass is 10.1. The van der Waals surface area contributed by atoms with Crippen LogP contribution in [0, 0.1) is 5.92 Å². The molecule has 0 radical (unpaired) electrons. The third kappa shape index (κ3) is 2.91. The molecule has 5 aromatic heterocycles. The Morgan fingerprint density at radius 3 is 2.87 bits per heavy atom. The van der Waals surface area contributed by atoms with Gasteiger partial charge in [0.05, 0.1) is 46.0 Å². The van der Waals surface area contributed by atoms with Crippen LogP contribution in [0.15, 0.2) is 67.4 Å². The maximum atomic E-state index is 4.61. The number of allylic oxidation sites excluding steroid dienone is 1. The highest BCUT2D eigenvalue weighted by Crippen LogP contribution is 2.36. The van der Waals surface area contributed by atoms with Gasteiger partial charge in [-0.3, -0.25) is 20.1 Å². The van der Waals surface area contributed by atoms with Crippen molar-refractivity contribution < 1.29 is 0 Å². The fraction of sp³-hybridized carbons (Fsp3) is 0.130. The second-order valence-corrected chi connectivity index (χ2v) is 7.69. The first-order valence-electron chi connectivity index (χ1n) is 9.94. The first-order chi connectivity index (χ1) is 14.7. The van der Waals surface area contributed by atoms with E-state index in [0.29, 0.717) is 5.92 Å². The molecule has 3 N–H and O–H groups in total. The van der Waals surface area contributed by atoms with Crippen LogP contribution in [0.5, 0.6) is 0 Å². The van der Waals surface area contributed by atoms with Gasteiger partial charge in [-0.1, -0.05) is 6.58 Å². The first kappa shape index (κ1) is 16.9. The first-order valence-corrected chi connectivity index (χ1v) is 9.94. The molecule has 0 aliphatic heterocycles. The van der Waals surface area contributed by atoms with Gasteiger partial charge in [-0.2, -0.15) is 5.10 Å². The van der Waals surface area contributed by atoms with E-state index in [4.69, 9.17) is 0 Å². The van der Waals surface area contributed by atoms with Gasteiger partial charge >= 0.3 is 0 Å². The molecule has 0 unspecified atom stereocenters. The van der Waals surface area contributed by atoms with Crippen molar-refractivity contribution in [2.24, 2.45) is 5.92 Å². The Bertz CT molecular complexity index is 1370. The predicted molar refractivity (Wildman–Crippen MR) is 118 cm³/mol. The molecule has 30 heavy (non-hydrogen) atoms. The SMILES string of the molecule is C=C(Nc1cncc(-c2cc3c(-c4cc5ncccc5[nH]4)n[nH]c3cn2)c1)C1CC1. The molecule has 1 aliphatic rings. The topological polar surface area (TPSA) is 95.2 Å². The quantitative estimate of drug-likeness (QED) is 0.395. The monoisotopic (exact) mass is 393 g/mol. The number of hydrogen-bond donors (Lipinski definition) is 3. The molecule has 7 nitrogen and oxygen atoms in total. The van der Waals surface area contributed by atoms with E-state index in [1.807, 2.05) is 42.9 Å². The molecule has 0 amide bonds. The zero-order chi connectivity index (χ0) is 20.1. The normalized spacial score (nSPS) is 13.7. The molecule has 0 aromatic carbocycles. The fourth-order valence-electron chi connectivity index (χ4n) is 3.73. The van der Waals surface area contributed by atoms with Crippen molar-refractivity contribution in [1.82, 2.24) is 30.1 Å². The molecule has 0 atom stereocenters. The summed E-state index contributed by atoms with van der Waals surface area (Å²) in [5.74, 6) is 0.586. The number of H-pyrrole nitrogens is 2. The van der Waals surface area contributed by atoms with Crippen molar-refractivity contribution in [2.45, 2.75) is 12.8 Å². The van der Waals surface area contributed by atoms with E-state index >= 15 is 0 Å². The van der Waals surface area contributed by atoms with E-state index in [1.54, 1.807) is 6.20 Å². The summed E-state index contributed by atoms with van der Waals surface area (Å²) in [5.41, 5.74) is 8.31. The van der Waals surface area contributed by atoms with Gasteiger partial charge in [-0.25, -0.2) is 0 Å². The molecule has 5 aromatic rings. The number of aromatic amines is 2. The molecule has 7 heteroatoms. The van der Waals surface area contributed by atoms with E-state index in [-0.39, 0.29) is 0 Å². The molecule has 5 heterocycles. The molecular formula is C23H19N7. The van der Waals surface area contributed by atoms with Crippen LogP contribution in [0.25, 0.3) is 44.6 Å². The van der Waals surface area contributed by atoms with Crippen molar-refractivity contribution in [2.75, 3.05) is 5.32 Å². The van der Waals surface area contributed by atoms with Crippen LogP contribution in [0.2, 0.25) is 0 Å². The van der Waals surface area contributed by atoms with Gasteiger partial charge in [0.15, 0.2) is 0 Å². The van der Waals surface area contributed by atoms with Crippen LogP contribution in [-0.4, -0.2) is 30.1 Å². The summed E-state index contributed by atoms with van der Waals surface area (Å²) in [6.45, 7) is 4.14. The minimum absolute atomic E-state index is 0.586. The Morgan fingerprint density at radius 2 is 2.00 bits per heavy atom. The van der Waals surface area contributed by atoms with Crippen molar-refractivity contribution >= 4 is 27.6 Å². The Hall–Kier alpha value is -4.00. The van der Waals surface area contributed by atoms with E-state index in [9.17, 15) is 0 Å². The number of aromatic nitrogens is 6. The Kier molecular flexibility index (Phi) is 3.67. The van der Waals surface area contributed by atoms with E-state index in [0.717, 1.165) is 56.0 Å². The van der Waals surface area contributed by atoms with Crippen molar-refractivity contribution in [3.05, 3.63) is 67.4 Å². The summed E-state index contributed by atoms with van der Waals surface area (Å²) < 4.78 is 0. The van der Waals surface area contributed by atoms with Crippen LogP contribution in [0.1, 0.15) is 12.8 Å². The van der Waals surface area contributed by atoms with Crippen LogP contribution in [-0.2, 0) is 0 Å². The summed E-state index contributed by atoms with van der Waals surface area (Å²) in [4.78, 5) is 16.8. The van der Waals surface area contributed by atoms with E-state index in [2.05, 4.69) is 48.1 Å². The third-order valence-electron chi connectivity index (χ3n) is 5.50. The highest BCUT2D eigenvalue weighted by atomic mass is 15.1. The van der Waals surface area contributed by atoms with Crippen molar-refractivity contribution in [3.8, 4) is 22.6 Å². The zero-order valence-corrected chi connectivity index (χ0v) is 16.2. The molecule has 1 saturated carbocycles. The maximum absolute atomic E-state index is 4.61. The largest absolute Gasteiger partial charge is 0.358 e. The highest BCUT2D eigenvalue weighted by Gasteiger charge is 2.24. The zero-order valence-electron chi connectivity index (χ0n) is 16.2. The summed E-state index contributed by atoms with van der Waals surface area (Å²) >= 11 is 0. The molecule has 6 rings (SSSR count). The maximum Gasteiger partial charge on any atom is 0.116 e. The van der Waals surface area contributed by atoms with Gasteiger partial charge < -0.3 is 10.3 Å². The number of pyridine rings is 3. The van der Waals surface area contributed by atoms with Crippen LogP contribution in [0.4, 0.5) is 5.69 Å². The van der Waals surface area contributed by atoms with Crippen molar-refractivity contribution in [3.63, 3.8) is 0 Å². The Labute approximate surface area is 172 Å². The molecule has 0 saturated heterocycles. The predicted octanol–water partition coefficient (Wildman–Crippen LogP) is 4.90. The number of rotatable bonds is 5. The van der Waals surface area contributed by atoms with Crippen LogP contribution in [0.3, 0.4) is 0 Å². The summed E-state index contributed by atoms with van der Waals surface area (Å²) in [6.07, 6.45) is 9.66. The summed E-state index contributed by atoms with van der Waals surface area (Å²) in [6, 6.07) is 10.0. The third-order valence-corrected chi connectivity index (χ3v) is 5.50. The lowest BCUT2D eigenvalue weighted by Gasteiger charge is -2.09. The van der Waals surface area contributed by atoms with E-state index in [1.165, 1.54) is 12.8 Å². The van der Waals surface area contributed by atoms with Gasteiger partial charge in [0, 0.05) is 29.0 Å². The number of hydrogen-bond acceptors (Lipinski definition) is 5. The Morgan fingerprint density at radius 1 is 1.07 bits per heavy atom. The van der Waals surface area contributed by atoms with Gasteiger partial charge in [0.1, 0.15) is 5.69 Å². The molecule has 0 bridgehead atoms. The molecule has 1 fully saturated rings. The van der Waals surface area contributed by atoms with Gasteiger partial charge in [-0.05, 0) is 49.1 Å². The van der Waals surface area contributed by atoms with Crippen LogP contribution < -0.4 is 5.32 Å². The fourth-order valence-corrected chi connectivity index (χ4v) is 3.73. The minimum atomic E-state index is 0.586. The van der Waals surface area contributed by atoms with E-state index < -0.39 is 0 Å². The second-order valence-electron chi connectivity index (χ2n) is 7.69. The number of anilines is 1. The van der Waals surface area contributed by atoms with Crippen molar-refractivity contribution in [1.29, 1.82) is 0 Å². The smallest absolute Gasteiger partial charge is 0.116 e. The Balaban J connectivity index is 1.40. The summed E-state index contributed by atoms with van der Waals surface area (Å²) in [7, 11) is 0. The number of nitrogens with one attached hydrogen (secondary N) is 3. The average Bonchev–Trinajstić information content (AvgIpc) is 3.40. The molecular weight excluding hydrogens is 374 g/mol. The number of fused-ring (bicyclic) bond motifs is 2. The molecule has 0 spiro atoms. The minimum Gasteiger partial charge on any atom is -0.358 e. The van der Waals surface area contributed by atoms with Gasteiger partial charge in [-0.15, -0.1) is 0 Å². The van der Waals surface area contributed by atoms with Gasteiger partial charge in [0.2, 0.25) is 0 Å². The van der Waals surface area contributed by atoms with Crippen LogP contribution >= 0.6 is 0 Å². The standard InChI is InChI=1S/C23H19N7/c1-13(14-4-5-14)27-16-7-15(10-24-11-16)19-8-17-22(12-26-19)29-30-23(17)21-9-20-18(28-21)3-2-6-25-20/h2-3,6-12,14,27-28H,1,4-5H2,(H,29,30). The summed E-state index contributed by atoms with van der Waals surface area (Å²) in [5, 5.41) is 12.0. The average molecular weight is 393 g/mol. The highest BCUT2D eigenvalue weighted by molar-refractivity contribution is 5.96. The second kappa shape index (κ2) is 6.52.